The van der Waals surface area contributed by atoms with Gasteiger partial charge in [-0.3, -0.25) is 9.63 Å². The molecule has 1 atom stereocenters. The predicted molar refractivity (Wildman–Crippen MR) is 77.7 cm³/mol. The molecule has 1 aromatic rings. The Balaban J connectivity index is 1.84. The van der Waals surface area contributed by atoms with E-state index in [-0.39, 0.29) is 17.8 Å². The van der Waals surface area contributed by atoms with Crippen LogP contribution < -0.4 is 0 Å². The number of benzene rings is 1. The van der Waals surface area contributed by atoms with Crippen molar-refractivity contribution >= 4 is 5.91 Å². The summed E-state index contributed by atoms with van der Waals surface area (Å²) in [5.41, 5.74) is -0.114. The van der Waals surface area contributed by atoms with Crippen molar-refractivity contribution in [3.63, 3.8) is 0 Å². The summed E-state index contributed by atoms with van der Waals surface area (Å²) < 4.78 is 13.1. The van der Waals surface area contributed by atoms with Gasteiger partial charge in [-0.1, -0.05) is 31.4 Å². The van der Waals surface area contributed by atoms with Crippen molar-refractivity contribution < 1.29 is 14.0 Å². The number of hydrogen-bond donors (Lipinski definition) is 0. The third kappa shape index (κ3) is 2.59. The van der Waals surface area contributed by atoms with E-state index in [1.54, 1.807) is 12.1 Å². The lowest BCUT2D eigenvalue weighted by atomic mass is 9.74. The van der Waals surface area contributed by atoms with E-state index in [0.717, 1.165) is 24.8 Å². The van der Waals surface area contributed by atoms with Gasteiger partial charge in [0.2, 0.25) is 0 Å². The first-order chi connectivity index (χ1) is 10.7. The Kier molecular flexibility index (Phi) is 4.12. The highest BCUT2D eigenvalue weighted by molar-refractivity contribution is 5.85. The van der Waals surface area contributed by atoms with Gasteiger partial charge in [0, 0.05) is 6.42 Å². The third-order valence-electron chi connectivity index (χ3n) is 4.69. The van der Waals surface area contributed by atoms with Crippen LogP contribution in [-0.4, -0.2) is 17.6 Å². The molecule has 1 saturated carbocycles. The monoisotopic (exact) mass is 302 g/mol. The third-order valence-corrected chi connectivity index (χ3v) is 4.69. The molecule has 22 heavy (non-hydrogen) atoms. The highest BCUT2D eigenvalue weighted by Crippen LogP contribution is 2.41. The summed E-state index contributed by atoms with van der Waals surface area (Å²) in [6, 6.07) is 8.13. The number of nitriles is 1. The molecule has 4 nitrogen and oxygen atoms in total. The van der Waals surface area contributed by atoms with Gasteiger partial charge in [0.15, 0.2) is 0 Å². The molecule has 1 aromatic carbocycles. The minimum absolute atomic E-state index is 0.235. The van der Waals surface area contributed by atoms with Gasteiger partial charge in [-0.15, -0.1) is 0 Å². The Morgan fingerprint density at radius 1 is 1.27 bits per heavy atom. The molecule has 0 radical (unpaired) electrons. The number of carbonyl (C=O) groups excluding carboxylic acids is 1. The van der Waals surface area contributed by atoms with Crippen molar-refractivity contribution in [3.8, 4) is 6.07 Å². The van der Waals surface area contributed by atoms with Crippen molar-refractivity contribution in [1.82, 2.24) is 5.06 Å². The molecule has 5 heteroatoms. The summed E-state index contributed by atoms with van der Waals surface area (Å²) >= 11 is 0. The highest BCUT2D eigenvalue weighted by atomic mass is 19.1. The maximum Gasteiger partial charge on any atom is 0.267 e. The van der Waals surface area contributed by atoms with Crippen molar-refractivity contribution in [1.29, 1.82) is 5.26 Å². The fraction of sp³-hybridized carbons (Fsp3) is 0.529. The molecule has 1 heterocycles. The van der Waals surface area contributed by atoms with E-state index in [4.69, 9.17) is 4.84 Å². The van der Waals surface area contributed by atoms with Gasteiger partial charge < -0.3 is 0 Å². The molecule has 0 aromatic heterocycles. The standard InChI is InChI=1S/C17H19FN2O2/c18-14-6-4-13(5-7-14)15-8-11-22-20(15)16(21)17(12-19)9-2-1-3-10-17/h4-7,15H,1-3,8-11H2/t15-/m0/s1. The predicted octanol–water partition coefficient (Wildman–Crippen LogP) is 3.50. The number of halogens is 1. The van der Waals surface area contributed by atoms with Gasteiger partial charge in [-0.2, -0.15) is 5.26 Å². The van der Waals surface area contributed by atoms with E-state index < -0.39 is 5.41 Å². The van der Waals surface area contributed by atoms with Crippen LogP contribution in [0, 0.1) is 22.6 Å². The van der Waals surface area contributed by atoms with Gasteiger partial charge >= 0.3 is 0 Å². The van der Waals surface area contributed by atoms with Gasteiger partial charge in [0.25, 0.3) is 5.91 Å². The molecule has 0 unspecified atom stereocenters. The molecule has 0 bridgehead atoms. The first-order valence-electron chi connectivity index (χ1n) is 7.80. The minimum Gasteiger partial charge on any atom is -0.271 e. The lowest BCUT2D eigenvalue weighted by Gasteiger charge is -2.34. The molecular formula is C17H19FN2O2. The van der Waals surface area contributed by atoms with Crippen LogP contribution in [0.15, 0.2) is 24.3 Å². The van der Waals surface area contributed by atoms with Crippen LogP contribution in [0.5, 0.6) is 0 Å². The summed E-state index contributed by atoms with van der Waals surface area (Å²) in [4.78, 5) is 18.4. The molecule has 116 valence electrons. The maximum absolute atomic E-state index is 13.1. The van der Waals surface area contributed by atoms with E-state index in [1.807, 2.05) is 0 Å². The summed E-state index contributed by atoms with van der Waals surface area (Å²) in [5, 5.41) is 10.9. The molecule has 2 aliphatic rings. The van der Waals surface area contributed by atoms with Crippen molar-refractivity contribution in [3.05, 3.63) is 35.6 Å². The second kappa shape index (κ2) is 6.05. The topological polar surface area (TPSA) is 53.3 Å². The van der Waals surface area contributed by atoms with Crippen molar-refractivity contribution in [2.24, 2.45) is 5.41 Å². The number of amides is 1. The Bertz CT molecular complexity index is 588. The Morgan fingerprint density at radius 3 is 2.59 bits per heavy atom. The minimum atomic E-state index is -0.957. The van der Waals surface area contributed by atoms with E-state index >= 15 is 0 Å². The molecule has 2 fully saturated rings. The average molecular weight is 302 g/mol. The van der Waals surface area contributed by atoms with Crippen LogP contribution in [0.3, 0.4) is 0 Å². The van der Waals surface area contributed by atoms with Crippen molar-refractivity contribution in [2.75, 3.05) is 6.61 Å². The second-order valence-electron chi connectivity index (χ2n) is 6.07. The number of rotatable bonds is 2. The van der Waals surface area contributed by atoms with Crippen LogP contribution in [0.2, 0.25) is 0 Å². The quantitative estimate of drug-likeness (QED) is 0.840. The van der Waals surface area contributed by atoms with Crippen molar-refractivity contribution in [2.45, 2.75) is 44.6 Å². The van der Waals surface area contributed by atoms with E-state index in [1.165, 1.54) is 17.2 Å². The van der Waals surface area contributed by atoms with E-state index in [0.29, 0.717) is 25.9 Å². The smallest absolute Gasteiger partial charge is 0.267 e. The first kappa shape index (κ1) is 15.0. The zero-order chi connectivity index (χ0) is 15.6. The summed E-state index contributed by atoms with van der Waals surface area (Å²) in [5.74, 6) is -0.539. The molecule has 0 N–H and O–H groups in total. The fourth-order valence-corrected chi connectivity index (χ4v) is 3.40. The van der Waals surface area contributed by atoms with Crippen LogP contribution in [0.1, 0.15) is 50.1 Å². The lowest BCUT2D eigenvalue weighted by molar-refractivity contribution is -0.187. The van der Waals surface area contributed by atoms with Gasteiger partial charge in [-0.25, -0.2) is 9.45 Å². The second-order valence-corrected chi connectivity index (χ2v) is 6.07. The number of nitrogens with zero attached hydrogens (tertiary/aromatic N) is 2. The summed E-state index contributed by atoms with van der Waals surface area (Å²) in [7, 11) is 0. The highest BCUT2D eigenvalue weighted by Gasteiger charge is 2.46. The number of hydroxylamine groups is 2. The summed E-state index contributed by atoms with van der Waals surface area (Å²) in [6.45, 7) is 0.440. The Morgan fingerprint density at radius 2 is 1.95 bits per heavy atom. The first-order valence-corrected chi connectivity index (χ1v) is 7.80. The lowest BCUT2D eigenvalue weighted by Crippen LogP contribution is -2.43. The van der Waals surface area contributed by atoms with E-state index in [9.17, 15) is 14.4 Å². The molecule has 1 aliphatic heterocycles. The molecule has 0 spiro atoms. The normalized spacial score (nSPS) is 24.0. The zero-order valence-electron chi connectivity index (χ0n) is 12.4. The Hall–Kier alpha value is -1.93. The molecule has 1 aliphatic carbocycles. The Labute approximate surface area is 129 Å². The molecular weight excluding hydrogens is 283 g/mol. The van der Waals surface area contributed by atoms with Crippen LogP contribution in [0.4, 0.5) is 4.39 Å². The molecule has 1 saturated heterocycles. The fourth-order valence-electron chi connectivity index (χ4n) is 3.40. The average Bonchev–Trinajstić information content (AvgIpc) is 3.05. The largest absolute Gasteiger partial charge is 0.271 e. The van der Waals surface area contributed by atoms with Crippen LogP contribution in [-0.2, 0) is 9.63 Å². The van der Waals surface area contributed by atoms with Crippen LogP contribution in [0.25, 0.3) is 0 Å². The van der Waals surface area contributed by atoms with Crippen LogP contribution >= 0.6 is 0 Å². The number of carbonyl (C=O) groups is 1. The van der Waals surface area contributed by atoms with Gasteiger partial charge in [0.1, 0.15) is 11.2 Å². The molecule has 1 amide bonds. The van der Waals surface area contributed by atoms with Gasteiger partial charge in [-0.05, 0) is 30.5 Å². The van der Waals surface area contributed by atoms with Gasteiger partial charge in [0.05, 0.1) is 18.7 Å². The molecule has 3 rings (SSSR count). The summed E-state index contributed by atoms with van der Waals surface area (Å²) in [6.07, 6.45) is 4.72. The number of hydrogen-bond acceptors (Lipinski definition) is 3. The SMILES string of the molecule is N#CC1(C(=O)N2OCC[C@H]2c2ccc(F)cc2)CCCCC1. The van der Waals surface area contributed by atoms with E-state index in [2.05, 4.69) is 6.07 Å². The zero-order valence-corrected chi connectivity index (χ0v) is 12.4. The maximum atomic E-state index is 13.1.